The number of carbonyl (C=O) groups is 4. The van der Waals surface area contributed by atoms with Gasteiger partial charge in [0.1, 0.15) is 16.2 Å². The number of anilines is 1. The lowest BCUT2D eigenvalue weighted by Gasteiger charge is -2.47. The summed E-state index contributed by atoms with van der Waals surface area (Å²) in [5.41, 5.74) is -0.153. The molecule has 2 unspecified atom stereocenters. The van der Waals surface area contributed by atoms with Crippen LogP contribution in [0.4, 0.5) is 14.9 Å². The van der Waals surface area contributed by atoms with Crippen molar-refractivity contribution in [2.45, 2.75) is 74.2 Å². The second kappa shape index (κ2) is 12.1. The van der Waals surface area contributed by atoms with Crippen LogP contribution < -0.4 is 4.90 Å². The van der Waals surface area contributed by atoms with Crippen molar-refractivity contribution in [3.63, 3.8) is 0 Å². The second-order valence-electron chi connectivity index (χ2n) is 12.8. The molecule has 13 heteroatoms. The van der Waals surface area contributed by atoms with Crippen LogP contribution in [-0.2, 0) is 38.4 Å². The molecule has 2 aliphatic heterocycles. The summed E-state index contributed by atoms with van der Waals surface area (Å²) in [7, 11) is -3.12. The molecule has 1 saturated heterocycles. The Morgan fingerprint density at radius 2 is 1.60 bits per heavy atom. The number of Topliss-reactive ketones (excluding diaryl/α,β-unsaturated/α-hetero) is 1. The first-order valence-electron chi connectivity index (χ1n) is 14.8. The van der Waals surface area contributed by atoms with Gasteiger partial charge < -0.3 is 14.4 Å². The predicted octanol–water partition coefficient (Wildman–Crippen LogP) is 5.16. The number of nitrogens with zero attached hydrogens (tertiary/aromatic N) is 2. The lowest BCUT2D eigenvalue weighted by atomic mass is 9.79. The molecule has 2 aromatic carbocycles. The molecule has 10 nitrogen and oxygen atoms in total. The van der Waals surface area contributed by atoms with Crippen LogP contribution in [0.5, 0.6) is 0 Å². The molecule has 0 N–H and O–H groups in total. The molecule has 5 rings (SSSR count). The number of hydrogen-bond donors (Lipinski definition) is 0. The minimum atomic E-state index is -4.27. The lowest BCUT2D eigenvalue weighted by Crippen LogP contribution is -2.60. The Labute approximate surface area is 270 Å². The first-order valence-corrected chi connectivity index (χ1v) is 17.1. The normalized spacial score (nSPS) is 24.8. The molecule has 242 valence electrons. The molecule has 0 spiro atoms. The van der Waals surface area contributed by atoms with Crippen molar-refractivity contribution in [1.82, 2.24) is 4.90 Å². The molecule has 2 fully saturated rings. The molecule has 2 amide bonds. The van der Waals surface area contributed by atoms with Gasteiger partial charge in [-0.05, 0) is 94.8 Å². The van der Waals surface area contributed by atoms with Crippen molar-refractivity contribution in [3.05, 3.63) is 58.3 Å². The van der Waals surface area contributed by atoms with E-state index in [2.05, 4.69) is 20.7 Å². The summed E-state index contributed by atoms with van der Waals surface area (Å²) in [4.78, 5) is 54.8. The summed E-state index contributed by atoms with van der Waals surface area (Å²) in [6, 6.07) is 8.64. The molecule has 1 saturated carbocycles. The number of esters is 1. The zero-order valence-electron chi connectivity index (χ0n) is 25.5. The number of fused-ring (bicyclic) bond motifs is 3. The van der Waals surface area contributed by atoms with Crippen LogP contribution in [0.2, 0.25) is 0 Å². The SMILES string of the molecule is COC(=O)C(=O)C1CCC(C(=O)N2CCC3(S(=O)(=O)c4ccc(F)cc4)c4ccc(Br)cc4N(C(=O)OC(C)(C)C)CC23)CC1. The maximum Gasteiger partial charge on any atom is 0.414 e. The number of amides is 2. The van der Waals surface area contributed by atoms with Gasteiger partial charge in [-0.3, -0.25) is 14.5 Å². The Hall–Kier alpha value is -3.32. The van der Waals surface area contributed by atoms with Gasteiger partial charge in [-0.1, -0.05) is 22.0 Å². The molecular weight excluding hydrogens is 671 g/mol. The van der Waals surface area contributed by atoms with Crippen LogP contribution >= 0.6 is 15.9 Å². The molecule has 0 aromatic heterocycles. The molecule has 45 heavy (non-hydrogen) atoms. The van der Waals surface area contributed by atoms with Crippen molar-refractivity contribution in [3.8, 4) is 0 Å². The lowest BCUT2D eigenvalue weighted by molar-refractivity contribution is -0.154. The van der Waals surface area contributed by atoms with Gasteiger partial charge in [0.15, 0.2) is 9.84 Å². The maximum atomic E-state index is 14.7. The Bertz CT molecular complexity index is 1630. The highest BCUT2D eigenvalue weighted by Gasteiger charge is 2.63. The number of hydrogen-bond acceptors (Lipinski definition) is 8. The summed E-state index contributed by atoms with van der Waals surface area (Å²) in [6.45, 7) is 5.13. The Balaban J connectivity index is 1.58. The highest BCUT2D eigenvalue weighted by molar-refractivity contribution is 9.10. The number of benzene rings is 2. The van der Waals surface area contributed by atoms with E-state index in [1.807, 2.05) is 0 Å². The largest absolute Gasteiger partial charge is 0.463 e. The van der Waals surface area contributed by atoms with Crippen molar-refractivity contribution in [2.24, 2.45) is 11.8 Å². The fraction of sp³-hybridized carbons (Fsp3) is 0.500. The number of rotatable bonds is 5. The van der Waals surface area contributed by atoms with Crippen LogP contribution in [0, 0.1) is 17.7 Å². The fourth-order valence-corrected chi connectivity index (χ4v) is 9.56. The third kappa shape index (κ3) is 5.89. The topological polar surface area (TPSA) is 127 Å². The number of carbonyl (C=O) groups excluding carboxylic acids is 4. The number of methoxy groups -OCH3 is 1. The summed E-state index contributed by atoms with van der Waals surface area (Å²) in [6.07, 6.45) is 0.691. The highest BCUT2D eigenvalue weighted by Crippen LogP contribution is 2.54. The number of halogens is 2. The zero-order valence-corrected chi connectivity index (χ0v) is 28.0. The first-order chi connectivity index (χ1) is 21.1. The van der Waals surface area contributed by atoms with E-state index in [4.69, 9.17) is 4.74 Å². The van der Waals surface area contributed by atoms with Crippen molar-refractivity contribution < 1.29 is 41.5 Å². The molecule has 2 heterocycles. The molecule has 0 radical (unpaired) electrons. The van der Waals surface area contributed by atoms with Crippen molar-refractivity contribution >= 4 is 55.2 Å². The average Bonchev–Trinajstić information content (AvgIpc) is 3.40. The van der Waals surface area contributed by atoms with Gasteiger partial charge in [0.2, 0.25) is 11.7 Å². The van der Waals surface area contributed by atoms with E-state index >= 15 is 0 Å². The van der Waals surface area contributed by atoms with Gasteiger partial charge in [0.05, 0.1) is 30.3 Å². The molecule has 2 atom stereocenters. The third-order valence-electron chi connectivity index (χ3n) is 9.03. The smallest absolute Gasteiger partial charge is 0.414 e. The second-order valence-corrected chi connectivity index (χ2v) is 15.9. The van der Waals surface area contributed by atoms with Gasteiger partial charge in [-0.2, -0.15) is 0 Å². The summed E-state index contributed by atoms with van der Waals surface area (Å²) in [5.74, 6) is -3.42. The van der Waals surface area contributed by atoms with E-state index in [9.17, 15) is 32.0 Å². The molecule has 2 aromatic rings. The van der Waals surface area contributed by atoms with Crippen LogP contribution in [0.3, 0.4) is 0 Å². The first kappa shape index (κ1) is 33.1. The zero-order chi connectivity index (χ0) is 32.9. The Morgan fingerprint density at radius 1 is 0.978 bits per heavy atom. The van der Waals surface area contributed by atoms with Crippen molar-refractivity contribution in [2.75, 3.05) is 25.1 Å². The number of sulfone groups is 1. The van der Waals surface area contributed by atoms with Gasteiger partial charge in [0.25, 0.3) is 0 Å². The van der Waals surface area contributed by atoms with Gasteiger partial charge in [-0.15, -0.1) is 0 Å². The number of ketones is 1. The minimum absolute atomic E-state index is 0.0517. The quantitative estimate of drug-likeness (QED) is 0.237. The standard InChI is InChI=1S/C32H36BrFN2O8S/c1-31(2,3)44-30(40)36-18-26-32(24-14-9-21(33)17-25(24)36,45(41,42)23-12-10-22(34)11-13-23)15-16-35(26)28(38)20-7-5-19(6-8-20)27(37)29(39)43-4/h9-14,17,19-20,26H,5-8,15-16,18H2,1-4H3. The van der Waals surface area contributed by atoms with Crippen LogP contribution in [-0.4, -0.2) is 68.9 Å². The monoisotopic (exact) mass is 706 g/mol. The van der Waals surface area contributed by atoms with E-state index in [-0.39, 0.29) is 30.3 Å². The Morgan fingerprint density at radius 3 is 2.20 bits per heavy atom. The minimum Gasteiger partial charge on any atom is -0.463 e. The van der Waals surface area contributed by atoms with E-state index in [1.165, 1.54) is 17.0 Å². The number of ether oxygens (including phenoxy) is 2. The van der Waals surface area contributed by atoms with Crippen LogP contribution in [0.1, 0.15) is 58.4 Å². The van der Waals surface area contributed by atoms with E-state index in [0.717, 1.165) is 19.2 Å². The Kier molecular flexibility index (Phi) is 8.91. The third-order valence-corrected chi connectivity index (χ3v) is 12.1. The summed E-state index contributed by atoms with van der Waals surface area (Å²) in [5, 5.41) is 0. The van der Waals surface area contributed by atoms with Crippen LogP contribution in [0.15, 0.2) is 51.8 Å². The van der Waals surface area contributed by atoms with E-state index in [0.29, 0.717) is 41.4 Å². The average molecular weight is 708 g/mol. The number of likely N-dealkylation sites (tertiary alicyclic amines) is 1. The summed E-state index contributed by atoms with van der Waals surface area (Å²) >= 11 is 3.45. The molecule has 0 bridgehead atoms. The van der Waals surface area contributed by atoms with E-state index < -0.39 is 61.7 Å². The van der Waals surface area contributed by atoms with Crippen molar-refractivity contribution in [1.29, 1.82) is 0 Å². The molecular formula is C32H36BrFN2O8S. The van der Waals surface area contributed by atoms with Gasteiger partial charge in [-0.25, -0.2) is 22.4 Å². The van der Waals surface area contributed by atoms with Gasteiger partial charge in [0, 0.05) is 22.9 Å². The fourth-order valence-electron chi connectivity index (χ4n) is 6.92. The van der Waals surface area contributed by atoms with Crippen LogP contribution in [0.25, 0.3) is 0 Å². The van der Waals surface area contributed by atoms with Gasteiger partial charge >= 0.3 is 12.1 Å². The molecule has 1 aliphatic carbocycles. The maximum absolute atomic E-state index is 14.7. The van der Waals surface area contributed by atoms with E-state index in [1.54, 1.807) is 43.9 Å². The molecule has 3 aliphatic rings. The highest BCUT2D eigenvalue weighted by atomic mass is 79.9. The summed E-state index contributed by atoms with van der Waals surface area (Å²) < 4.78 is 52.6. The predicted molar refractivity (Wildman–Crippen MR) is 166 cm³/mol.